The molecule has 1 aromatic heterocycles. The van der Waals surface area contributed by atoms with E-state index in [1.54, 1.807) is 6.07 Å². The average Bonchev–Trinajstić information content (AvgIpc) is 3.59. The molecular formula is C26H29N5O4. The normalized spacial score (nSPS) is 18.1. The zero-order valence-corrected chi connectivity index (χ0v) is 19.6. The second-order valence-corrected chi connectivity index (χ2v) is 9.31. The first-order chi connectivity index (χ1) is 17.2. The minimum absolute atomic E-state index is 0.107. The molecule has 2 amide bonds. The van der Waals surface area contributed by atoms with Gasteiger partial charge in [-0.3, -0.25) is 0 Å². The number of hydrogen-bond donors (Lipinski definition) is 1. The van der Waals surface area contributed by atoms with Crippen molar-refractivity contribution in [2.75, 3.05) is 43.2 Å². The van der Waals surface area contributed by atoms with Crippen molar-refractivity contribution in [1.29, 1.82) is 0 Å². The maximum atomic E-state index is 12.7. The highest BCUT2D eigenvalue weighted by atomic mass is 16.7. The molecule has 6 rings (SSSR count). The van der Waals surface area contributed by atoms with Gasteiger partial charge in [0, 0.05) is 55.1 Å². The number of piperazine rings is 1. The van der Waals surface area contributed by atoms with E-state index in [0.717, 1.165) is 43.1 Å². The molecule has 3 aromatic rings. The molecule has 0 atom stereocenters. The van der Waals surface area contributed by atoms with E-state index in [1.165, 1.54) is 19.3 Å². The van der Waals surface area contributed by atoms with Gasteiger partial charge in [-0.1, -0.05) is 24.4 Å². The van der Waals surface area contributed by atoms with Crippen molar-refractivity contribution in [2.45, 2.75) is 38.0 Å². The molecule has 1 saturated carbocycles. The van der Waals surface area contributed by atoms with E-state index in [2.05, 4.69) is 32.5 Å². The summed E-state index contributed by atoms with van der Waals surface area (Å²) in [7, 11) is 0. The van der Waals surface area contributed by atoms with E-state index < -0.39 is 0 Å². The maximum absolute atomic E-state index is 12.7. The number of carbonyl (C=O) groups is 1. The van der Waals surface area contributed by atoms with Crippen LogP contribution in [0.2, 0.25) is 0 Å². The number of hydrogen-bond acceptors (Lipinski definition) is 7. The molecule has 182 valence electrons. The molecule has 0 bridgehead atoms. The minimum atomic E-state index is -0.107. The van der Waals surface area contributed by atoms with Gasteiger partial charge in [0.25, 0.3) is 0 Å². The number of nitrogens with one attached hydrogen (secondary N) is 1. The van der Waals surface area contributed by atoms with Gasteiger partial charge in [-0.2, -0.15) is 4.98 Å². The van der Waals surface area contributed by atoms with E-state index in [0.29, 0.717) is 42.0 Å². The van der Waals surface area contributed by atoms with Crippen LogP contribution in [-0.4, -0.2) is 54.0 Å². The molecule has 0 radical (unpaired) electrons. The molecule has 0 unspecified atom stereocenters. The molecule has 1 N–H and O–H groups in total. The highest BCUT2D eigenvalue weighted by Gasteiger charge is 2.24. The molecular weight excluding hydrogens is 446 g/mol. The van der Waals surface area contributed by atoms with Crippen LogP contribution in [0, 0.1) is 0 Å². The van der Waals surface area contributed by atoms with Crippen LogP contribution in [0.15, 0.2) is 47.0 Å². The molecule has 9 nitrogen and oxygen atoms in total. The Hall–Kier alpha value is -3.75. The van der Waals surface area contributed by atoms with Crippen LogP contribution in [0.5, 0.6) is 11.5 Å². The number of carbonyl (C=O) groups excluding carboxylic acids is 1. The van der Waals surface area contributed by atoms with Crippen LogP contribution in [-0.2, 0) is 0 Å². The third-order valence-corrected chi connectivity index (χ3v) is 7.08. The monoisotopic (exact) mass is 475 g/mol. The molecule has 2 fully saturated rings. The second-order valence-electron chi connectivity index (χ2n) is 9.31. The van der Waals surface area contributed by atoms with Gasteiger partial charge in [0.1, 0.15) is 0 Å². The minimum Gasteiger partial charge on any atom is -0.454 e. The number of rotatable bonds is 4. The van der Waals surface area contributed by atoms with Crippen molar-refractivity contribution in [3.8, 4) is 22.9 Å². The van der Waals surface area contributed by atoms with Gasteiger partial charge in [0.05, 0.1) is 0 Å². The second kappa shape index (κ2) is 9.48. The lowest BCUT2D eigenvalue weighted by Gasteiger charge is -2.36. The average molecular weight is 476 g/mol. The SMILES string of the molecule is O=C(Nc1ccc2c(c1)OCO2)N1CCN(c2ccc(-c3noc(C4CCCCC4)n3)cc2)CC1. The molecule has 3 aliphatic rings. The van der Waals surface area contributed by atoms with Crippen LogP contribution in [0.3, 0.4) is 0 Å². The lowest BCUT2D eigenvalue weighted by Crippen LogP contribution is -2.50. The number of aromatic nitrogens is 2. The third kappa shape index (κ3) is 4.62. The van der Waals surface area contributed by atoms with Gasteiger partial charge < -0.3 is 29.1 Å². The lowest BCUT2D eigenvalue weighted by atomic mass is 9.89. The number of ether oxygens (including phenoxy) is 2. The van der Waals surface area contributed by atoms with Crippen LogP contribution in [0.4, 0.5) is 16.2 Å². The van der Waals surface area contributed by atoms with Crippen LogP contribution in [0.25, 0.3) is 11.4 Å². The van der Waals surface area contributed by atoms with Gasteiger partial charge in [-0.15, -0.1) is 0 Å². The summed E-state index contributed by atoms with van der Waals surface area (Å²) in [5.41, 5.74) is 2.78. The Morgan fingerprint density at radius 2 is 1.69 bits per heavy atom. The molecule has 35 heavy (non-hydrogen) atoms. The maximum Gasteiger partial charge on any atom is 0.321 e. The fourth-order valence-corrected chi connectivity index (χ4v) is 5.03. The number of urea groups is 1. The van der Waals surface area contributed by atoms with Gasteiger partial charge in [-0.25, -0.2) is 4.79 Å². The van der Waals surface area contributed by atoms with Crippen LogP contribution in [0.1, 0.15) is 43.9 Å². The molecule has 2 aliphatic heterocycles. The number of fused-ring (bicyclic) bond motifs is 1. The summed E-state index contributed by atoms with van der Waals surface area (Å²) in [5, 5.41) is 7.18. The van der Waals surface area contributed by atoms with Gasteiger partial charge in [0.15, 0.2) is 11.5 Å². The molecule has 2 aromatic carbocycles. The van der Waals surface area contributed by atoms with E-state index >= 15 is 0 Å². The van der Waals surface area contributed by atoms with Crippen molar-refractivity contribution in [3.05, 3.63) is 48.4 Å². The van der Waals surface area contributed by atoms with Crippen molar-refractivity contribution in [2.24, 2.45) is 0 Å². The van der Waals surface area contributed by atoms with Gasteiger partial charge in [0.2, 0.25) is 18.5 Å². The zero-order chi connectivity index (χ0) is 23.6. The van der Waals surface area contributed by atoms with Crippen molar-refractivity contribution < 1.29 is 18.8 Å². The molecule has 1 saturated heterocycles. The fourth-order valence-electron chi connectivity index (χ4n) is 5.03. The summed E-state index contributed by atoms with van der Waals surface area (Å²) < 4.78 is 16.3. The smallest absolute Gasteiger partial charge is 0.321 e. The first-order valence-corrected chi connectivity index (χ1v) is 12.4. The Kier molecular flexibility index (Phi) is 5.89. The summed E-state index contributed by atoms with van der Waals surface area (Å²) in [6, 6.07) is 13.6. The topological polar surface area (TPSA) is 93.0 Å². The van der Waals surface area contributed by atoms with Crippen LogP contribution >= 0.6 is 0 Å². The van der Waals surface area contributed by atoms with Crippen LogP contribution < -0.4 is 19.7 Å². The van der Waals surface area contributed by atoms with E-state index in [-0.39, 0.29) is 12.8 Å². The predicted octanol–water partition coefficient (Wildman–Crippen LogP) is 4.87. The molecule has 9 heteroatoms. The predicted molar refractivity (Wildman–Crippen MR) is 131 cm³/mol. The molecule has 0 spiro atoms. The summed E-state index contributed by atoms with van der Waals surface area (Å²) in [6.45, 7) is 3.04. The molecule has 1 aliphatic carbocycles. The van der Waals surface area contributed by atoms with E-state index in [4.69, 9.17) is 14.0 Å². The summed E-state index contributed by atoms with van der Waals surface area (Å²) in [4.78, 5) is 21.5. The first kappa shape index (κ1) is 21.8. The van der Waals surface area contributed by atoms with Gasteiger partial charge >= 0.3 is 6.03 Å². The standard InChI is InChI=1S/C26H29N5O4/c32-26(27-20-8-11-22-23(16-20)34-17-33-22)31-14-12-30(13-15-31)21-9-6-18(7-10-21)24-28-25(35-29-24)19-4-2-1-3-5-19/h6-11,16,19H,1-5,12-15,17H2,(H,27,32). The van der Waals surface area contributed by atoms with Crippen molar-refractivity contribution in [3.63, 3.8) is 0 Å². The Bertz CT molecular complexity index is 1180. The Labute approximate surface area is 204 Å². The third-order valence-electron chi connectivity index (χ3n) is 7.08. The zero-order valence-electron chi connectivity index (χ0n) is 19.6. The number of nitrogens with zero attached hydrogens (tertiary/aromatic N) is 4. The lowest BCUT2D eigenvalue weighted by molar-refractivity contribution is 0.174. The largest absolute Gasteiger partial charge is 0.454 e. The number of benzene rings is 2. The van der Waals surface area contributed by atoms with Crippen molar-refractivity contribution >= 4 is 17.4 Å². The van der Waals surface area contributed by atoms with Crippen molar-refractivity contribution in [1.82, 2.24) is 15.0 Å². The number of anilines is 2. The summed E-state index contributed by atoms with van der Waals surface area (Å²) in [6.07, 6.45) is 6.06. The quantitative estimate of drug-likeness (QED) is 0.576. The Morgan fingerprint density at radius 1 is 0.914 bits per heavy atom. The number of amides is 2. The Balaban J connectivity index is 1.03. The highest BCUT2D eigenvalue weighted by Crippen LogP contribution is 2.35. The first-order valence-electron chi connectivity index (χ1n) is 12.4. The van der Waals surface area contributed by atoms with Gasteiger partial charge in [-0.05, 0) is 49.2 Å². The van der Waals surface area contributed by atoms with E-state index in [9.17, 15) is 4.79 Å². The fraction of sp³-hybridized carbons (Fsp3) is 0.423. The van der Waals surface area contributed by atoms with E-state index in [1.807, 2.05) is 29.2 Å². The highest BCUT2D eigenvalue weighted by molar-refractivity contribution is 5.90. The summed E-state index contributed by atoms with van der Waals surface area (Å²) in [5.74, 6) is 3.19. The summed E-state index contributed by atoms with van der Waals surface area (Å²) >= 11 is 0. The molecule has 3 heterocycles. The Morgan fingerprint density at radius 3 is 2.49 bits per heavy atom.